The molecule has 1 aromatic carbocycles. The van der Waals surface area contributed by atoms with E-state index in [1.165, 1.54) is 31.2 Å². The van der Waals surface area contributed by atoms with Crippen LogP contribution in [0.1, 0.15) is 79.7 Å². The van der Waals surface area contributed by atoms with Crippen LogP contribution in [0.3, 0.4) is 0 Å². The Morgan fingerprint density at radius 1 is 1.00 bits per heavy atom. The Labute approximate surface area is 143 Å². The highest BCUT2D eigenvalue weighted by atomic mass is 16.7. The summed E-state index contributed by atoms with van der Waals surface area (Å²) in [5.74, 6) is 0.881. The predicted octanol–water partition coefficient (Wildman–Crippen LogP) is 6.33. The van der Waals surface area contributed by atoms with Gasteiger partial charge in [0.05, 0.1) is 0 Å². The summed E-state index contributed by atoms with van der Waals surface area (Å²) >= 11 is 0. The summed E-state index contributed by atoms with van der Waals surface area (Å²) in [4.78, 5) is 0. The second-order valence-electron chi connectivity index (χ2n) is 7.79. The molecule has 1 rings (SSSR count). The molecular weight excluding hydrogens is 284 g/mol. The van der Waals surface area contributed by atoms with Crippen molar-refractivity contribution in [2.45, 2.75) is 85.9 Å². The fourth-order valence-corrected chi connectivity index (χ4v) is 3.68. The molecule has 0 aliphatic rings. The summed E-state index contributed by atoms with van der Waals surface area (Å²) in [7, 11) is 0. The van der Waals surface area contributed by atoms with Crippen molar-refractivity contribution in [3.63, 3.8) is 0 Å². The van der Waals surface area contributed by atoms with Crippen molar-refractivity contribution in [3.8, 4) is 5.75 Å². The van der Waals surface area contributed by atoms with Gasteiger partial charge in [-0.1, -0.05) is 53.2 Å². The van der Waals surface area contributed by atoms with Gasteiger partial charge in [-0.2, -0.15) is 0 Å². The lowest BCUT2D eigenvalue weighted by Gasteiger charge is -2.39. The van der Waals surface area contributed by atoms with E-state index in [-0.39, 0.29) is 11.7 Å². The third kappa shape index (κ3) is 6.18. The second-order valence-corrected chi connectivity index (χ2v) is 7.79. The first-order valence-electron chi connectivity index (χ1n) is 9.15. The highest BCUT2D eigenvalue weighted by Crippen LogP contribution is 2.43. The van der Waals surface area contributed by atoms with Gasteiger partial charge in [-0.05, 0) is 61.6 Å². The molecule has 0 saturated carbocycles. The van der Waals surface area contributed by atoms with E-state index in [0.717, 1.165) is 5.75 Å². The van der Waals surface area contributed by atoms with Crippen LogP contribution in [0.5, 0.6) is 5.75 Å². The molecule has 2 atom stereocenters. The molecular formula is C21H36O2. The molecule has 0 spiro atoms. The number of rotatable bonds is 9. The molecule has 132 valence electrons. The van der Waals surface area contributed by atoms with Crippen molar-refractivity contribution in [2.75, 3.05) is 6.61 Å². The Bertz CT molecular complexity index is 444. The molecule has 2 nitrogen and oxygen atoms in total. The molecule has 0 aliphatic carbocycles. The summed E-state index contributed by atoms with van der Waals surface area (Å²) in [6.07, 6.45) is 4.62. The maximum absolute atomic E-state index is 5.79. The first-order valence-corrected chi connectivity index (χ1v) is 9.15. The molecule has 0 heterocycles. The summed E-state index contributed by atoms with van der Waals surface area (Å²) in [5.41, 5.74) is 2.02. The van der Waals surface area contributed by atoms with Gasteiger partial charge in [-0.3, -0.25) is 0 Å². The van der Waals surface area contributed by atoms with Crippen molar-refractivity contribution >= 4 is 0 Å². The Morgan fingerprint density at radius 2 is 1.61 bits per heavy atom. The maximum atomic E-state index is 5.79. The molecule has 1 aromatic rings. The van der Waals surface area contributed by atoms with Crippen LogP contribution in [0.2, 0.25) is 0 Å². The van der Waals surface area contributed by atoms with E-state index in [1.807, 2.05) is 13.8 Å². The SMILES string of the molecule is CCCC(CC)(CC(C)(C)C)c1ccc(OC(C)OCC)cc1. The summed E-state index contributed by atoms with van der Waals surface area (Å²) in [6, 6.07) is 8.68. The Balaban J connectivity index is 2.99. The fraction of sp³-hybridized carbons (Fsp3) is 0.714. The standard InChI is InChI=1S/C21H36O2/c1-8-15-21(9-2,16-20(5,6)7)18-11-13-19(14-12-18)23-17(4)22-10-3/h11-14,17H,8-10,15-16H2,1-7H3. The Hall–Kier alpha value is -1.02. The average Bonchev–Trinajstić information content (AvgIpc) is 2.46. The zero-order valence-corrected chi connectivity index (χ0v) is 16.2. The van der Waals surface area contributed by atoms with Crippen molar-refractivity contribution in [3.05, 3.63) is 29.8 Å². The minimum atomic E-state index is -0.202. The van der Waals surface area contributed by atoms with Crippen molar-refractivity contribution < 1.29 is 9.47 Å². The molecule has 0 amide bonds. The second kappa shape index (κ2) is 8.73. The van der Waals surface area contributed by atoms with Crippen LogP contribution in [-0.4, -0.2) is 12.9 Å². The summed E-state index contributed by atoms with van der Waals surface area (Å²) in [6.45, 7) is 16.2. The monoisotopic (exact) mass is 320 g/mol. The van der Waals surface area contributed by atoms with E-state index < -0.39 is 0 Å². The summed E-state index contributed by atoms with van der Waals surface area (Å²) in [5, 5.41) is 0. The van der Waals surface area contributed by atoms with Gasteiger partial charge in [0.15, 0.2) is 6.29 Å². The van der Waals surface area contributed by atoms with Crippen LogP contribution in [0.4, 0.5) is 0 Å². The molecule has 0 radical (unpaired) electrons. The molecule has 2 heteroatoms. The molecule has 0 saturated heterocycles. The molecule has 2 unspecified atom stereocenters. The van der Waals surface area contributed by atoms with Crippen LogP contribution >= 0.6 is 0 Å². The van der Waals surface area contributed by atoms with Gasteiger partial charge in [-0.25, -0.2) is 0 Å². The van der Waals surface area contributed by atoms with Crippen LogP contribution in [0, 0.1) is 5.41 Å². The number of benzene rings is 1. The van der Waals surface area contributed by atoms with E-state index in [4.69, 9.17) is 9.47 Å². The van der Waals surface area contributed by atoms with Gasteiger partial charge in [-0.15, -0.1) is 0 Å². The zero-order chi connectivity index (χ0) is 17.5. The minimum absolute atomic E-state index is 0.202. The molecule has 23 heavy (non-hydrogen) atoms. The van der Waals surface area contributed by atoms with Crippen LogP contribution in [0.25, 0.3) is 0 Å². The topological polar surface area (TPSA) is 18.5 Å². The quantitative estimate of drug-likeness (QED) is 0.495. The largest absolute Gasteiger partial charge is 0.465 e. The first kappa shape index (κ1) is 20.0. The van der Waals surface area contributed by atoms with Gasteiger partial charge in [0.25, 0.3) is 0 Å². The fourth-order valence-electron chi connectivity index (χ4n) is 3.68. The number of hydrogen-bond donors (Lipinski definition) is 0. The van der Waals surface area contributed by atoms with Gasteiger partial charge in [0.1, 0.15) is 5.75 Å². The number of hydrogen-bond acceptors (Lipinski definition) is 2. The first-order chi connectivity index (χ1) is 10.8. The van der Waals surface area contributed by atoms with E-state index in [1.54, 1.807) is 0 Å². The van der Waals surface area contributed by atoms with Crippen LogP contribution in [-0.2, 0) is 10.2 Å². The van der Waals surface area contributed by atoms with Crippen LogP contribution in [0.15, 0.2) is 24.3 Å². The zero-order valence-electron chi connectivity index (χ0n) is 16.2. The molecule has 0 N–H and O–H groups in total. The van der Waals surface area contributed by atoms with Gasteiger partial charge >= 0.3 is 0 Å². The van der Waals surface area contributed by atoms with E-state index >= 15 is 0 Å². The van der Waals surface area contributed by atoms with Crippen molar-refractivity contribution in [1.82, 2.24) is 0 Å². The third-order valence-corrected chi connectivity index (χ3v) is 4.44. The molecule has 0 aromatic heterocycles. The molecule has 0 bridgehead atoms. The Kier molecular flexibility index (Phi) is 7.60. The highest BCUT2D eigenvalue weighted by molar-refractivity contribution is 5.33. The predicted molar refractivity (Wildman–Crippen MR) is 99.1 cm³/mol. The van der Waals surface area contributed by atoms with Gasteiger partial charge in [0, 0.05) is 6.61 Å². The lowest BCUT2D eigenvalue weighted by molar-refractivity contribution is -0.0613. The Morgan fingerprint density at radius 3 is 2.04 bits per heavy atom. The minimum Gasteiger partial charge on any atom is -0.465 e. The van der Waals surface area contributed by atoms with Gasteiger partial charge in [0.2, 0.25) is 0 Å². The van der Waals surface area contributed by atoms with Crippen molar-refractivity contribution in [2.24, 2.45) is 5.41 Å². The van der Waals surface area contributed by atoms with E-state index in [0.29, 0.717) is 12.0 Å². The normalized spacial score (nSPS) is 16.0. The summed E-state index contributed by atoms with van der Waals surface area (Å²) < 4.78 is 11.2. The van der Waals surface area contributed by atoms with E-state index in [9.17, 15) is 0 Å². The van der Waals surface area contributed by atoms with Crippen LogP contribution < -0.4 is 4.74 Å². The van der Waals surface area contributed by atoms with Crippen molar-refractivity contribution in [1.29, 1.82) is 0 Å². The average molecular weight is 321 g/mol. The lowest BCUT2D eigenvalue weighted by Crippen LogP contribution is -2.30. The third-order valence-electron chi connectivity index (χ3n) is 4.44. The van der Waals surface area contributed by atoms with Gasteiger partial charge < -0.3 is 9.47 Å². The number of ether oxygens (including phenoxy) is 2. The smallest absolute Gasteiger partial charge is 0.196 e. The molecule has 0 fully saturated rings. The highest BCUT2D eigenvalue weighted by Gasteiger charge is 2.33. The maximum Gasteiger partial charge on any atom is 0.196 e. The van der Waals surface area contributed by atoms with E-state index in [2.05, 4.69) is 58.9 Å². The molecule has 0 aliphatic heterocycles. The lowest BCUT2D eigenvalue weighted by atomic mass is 9.66.